The second-order valence-electron chi connectivity index (χ2n) is 8.12. The average molecular weight is 510 g/mol. The number of aryl methyl sites for hydroxylation is 2. The lowest BCUT2D eigenvalue weighted by molar-refractivity contribution is -0.132. The van der Waals surface area contributed by atoms with E-state index in [1.165, 1.54) is 17.4 Å². The van der Waals surface area contributed by atoms with Crippen molar-refractivity contribution in [3.63, 3.8) is 0 Å². The predicted molar refractivity (Wildman–Crippen MR) is 142 cm³/mol. The molecule has 2 aromatic carbocycles. The molecule has 1 heterocycles. The van der Waals surface area contributed by atoms with Crippen molar-refractivity contribution in [2.75, 3.05) is 33.1 Å². The van der Waals surface area contributed by atoms with Gasteiger partial charge in [-0.15, -0.1) is 11.8 Å². The van der Waals surface area contributed by atoms with Crippen molar-refractivity contribution >= 4 is 29.9 Å². The fraction of sp³-hybridized carbons (Fsp3) is 0.286. The zero-order valence-corrected chi connectivity index (χ0v) is 21.8. The standard InChI is InChI=1S/C28H31NO6S/c1-20-8-10-25(33-20)24-7-5-6-22(18-24)12-16-36-17-13-23-9-11-26(34-21(2)30)27(19-23)35-28(31)29(3)14-15-32-4/h5-11,13,17-19H,12,14-16H2,1-4H3/b17-13+. The Labute approximate surface area is 216 Å². The molecule has 190 valence electrons. The Morgan fingerprint density at radius 2 is 1.89 bits per heavy atom. The number of benzene rings is 2. The molecule has 0 radical (unpaired) electrons. The zero-order chi connectivity index (χ0) is 25.9. The molecule has 8 heteroatoms. The number of ether oxygens (including phenoxy) is 3. The highest BCUT2D eigenvalue weighted by atomic mass is 32.2. The van der Waals surface area contributed by atoms with E-state index in [4.69, 9.17) is 18.6 Å². The van der Waals surface area contributed by atoms with Gasteiger partial charge in [0.25, 0.3) is 0 Å². The Morgan fingerprint density at radius 3 is 2.61 bits per heavy atom. The molecule has 1 amide bonds. The highest BCUT2D eigenvalue weighted by molar-refractivity contribution is 8.02. The molecule has 1 aromatic heterocycles. The summed E-state index contributed by atoms with van der Waals surface area (Å²) in [5.74, 6) is 2.54. The van der Waals surface area contributed by atoms with Crippen molar-refractivity contribution in [2.24, 2.45) is 0 Å². The maximum absolute atomic E-state index is 12.4. The number of esters is 1. The van der Waals surface area contributed by atoms with E-state index in [9.17, 15) is 9.59 Å². The third-order valence-electron chi connectivity index (χ3n) is 5.18. The lowest BCUT2D eigenvalue weighted by Gasteiger charge is -2.17. The van der Waals surface area contributed by atoms with Crippen LogP contribution in [0.15, 0.2) is 64.4 Å². The number of hydrogen-bond donors (Lipinski definition) is 0. The first-order valence-electron chi connectivity index (χ1n) is 11.5. The molecule has 0 spiro atoms. The molecular weight excluding hydrogens is 478 g/mol. The van der Waals surface area contributed by atoms with Gasteiger partial charge in [-0.05, 0) is 66.3 Å². The van der Waals surface area contributed by atoms with E-state index in [1.807, 2.05) is 42.7 Å². The van der Waals surface area contributed by atoms with Crippen LogP contribution in [-0.4, -0.2) is 50.0 Å². The van der Waals surface area contributed by atoms with Gasteiger partial charge in [0.05, 0.1) is 6.61 Å². The molecular formula is C28H31NO6S. The minimum absolute atomic E-state index is 0.177. The minimum Gasteiger partial charge on any atom is -0.461 e. The van der Waals surface area contributed by atoms with Crippen LogP contribution in [0.2, 0.25) is 0 Å². The number of hydrogen-bond acceptors (Lipinski definition) is 7. The van der Waals surface area contributed by atoms with Crippen LogP contribution in [-0.2, 0) is 16.0 Å². The van der Waals surface area contributed by atoms with Crippen LogP contribution in [0.5, 0.6) is 11.5 Å². The van der Waals surface area contributed by atoms with Crippen LogP contribution >= 0.6 is 11.8 Å². The third kappa shape index (κ3) is 8.32. The Morgan fingerprint density at radius 1 is 1.06 bits per heavy atom. The summed E-state index contributed by atoms with van der Waals surface area (Å²) < 4.78 is 21.4. The summed E-state index contributed by atoms with van der Waals surface area (Å²) >= 11 is 1.68. The first kappa shape index (κ1) is 27.1. The van der Waals surface area contributed by atoms with Gasteiger partial charge in [0, 0.05) is 38.9 Å². The van der Waals surface area contributed by atoms with Crippen LogP contribution in [0.1, 0.15) is 23.8 Å². The van der Waals surface area contributed by atoms with Crippen molar-refractivity contribution < 1.29 is 28.2 Å². The second-order valence-corrected chi connectivity index (χ2v) is 9.13. The number of thioether (sulfide) groups is 1. The molecule has 0 fully saturated rings. The highest BCUT2D eigenvalue weighted by Crippen LogP contribution is 2.30. The maximum atomic E-state index is 12.4. The van der Waals surface area contributed by atoms with Gasteiger partial charge in [-0.3, -0.25) is 4.79 Å². The molecule has 36 heavy (non-hydrogen) atoms. The molecule has 0 saturated heterocycles. The van der Waals surface area contributed by atoms with Gasteiger partial charge in [-0.1, -0.05) is 24.3 Å². The van der Waals surface area contributed by atoms with Gasteiger partial charge in [0.15, 0.2) is 11.5 Å². The van der Waals surface area contributed by atoms with E-state index in [0.717, 1.165) is 34.8 Å². The summed E-state index contributed by atoms with van der Waals surface area (Å²) in [6.07, 6.45) is 2.27. The second kappa shape index (κ2) is 13.6. The van der Waals surface area contributed by atoms with Gasteiger partial charge >= 0.3 is 12.1 Å². The number of likely N-dealkylation sites (N-methyl/N-ethyl adjacent to an activating group) is 1. The molecule has 7 nitrogen and oxygen atoms in total. The normalized spacial score (nSPS) is 11.0. The molecule has 3 aromatic rings. The van der Waals surface area contributed by atoms with Crippen molar-refractivity contribution in [1.29, 1.82) is 0 Å². The molecule has 3 rings (SSSR count). The SMILES string of the molecule is COCCN(C)C(=O)Oc1cc(/C=C/SCCc2cccc(-c3ccc(C)o3)c2)ccc1OC(C)=O. The minimum atomic E-state index is -0.567. The fourth-order valence-corrected chi connectivity index (χ4v) is 4.02. The van der Waals surface area contributed by atoms with Crippen LogP contribution in [0.4, 0.5) is 4.79 Å². The van der Waals surface area contributed by atoms with Gasteiger partial charge < -0.3 is 23.5 Å². The van der Waals surface area contributed by atoms with Crippen molar-refractivity contribution in [2.45, 2.75) is 20.3 Å². The molecule has 0 unspecified atom stereocenters. The summed E-state index contributed by atoms with van der Waals surface area (Å²) in [6.45, 7) is 3.99. The smallest absolute Gasteiger partial charge is 0.415 e. The number of carbonyl (C=O) groups is 2. The Hall–Kier alpha value is -3.49. The zero-order valence-electron chi connectivity index (χ0n) is 21.0. The summed E-state index contributed by atoms with van der Waals surface area (Å²) in [5.41, 5.74) is 3.12. The van der Waals surface area contributed by atoms with Gasteiger partial charge in [0.1, 0.15) is 11.5 Å². The molecule has 0 aliphatic carbocycles. The maximum Gasteiger partial charge on any atom is 0.415 e. The molecule has 0 atom stereocenters. The van der Waals surface area contributed by atoms with Crippen LogP contribution in [0.3, 0.4) is 0 Å². The Balaban J connectivity index is 1.59. The highest BCUT2D eigenvalue weighted by Gasteiger charge is 2.16. The number of rotatable bonds is 11. The number of carbonyl (C=O) groups excluding carboxylic acids is 2. The number of amides is 1. The number of furan rings is 1. The average Bonchev–Trinajstić information content (AvgIpc) is 3.30. The first-order valence-corrected chi connectivity index (χ1v) is 12.6. The molecule has 0 aliphatic heterocycles. The van der Waals surface area contributed by atoms with Crippen molar-refractivity contribution in [3.05, 3.63) is 76.9 Å². The van der Waals surface area contributed by atoms with E-state index in [2.05, 4.69) is 12.1 Å². The van der Waals surface area contributed by atoms with Crippen LogP contribution < -0.4 is 9.47 Å². The van der Waals surface area contributed by atoms with E-state index in [1.54, 1.807) is 44.1 Å². The summed E-state index contributed by atoms with van der Waals surface area (Å²) in [6, 6.07) is 17.4. The monoisotopic (exact) mass is 509 g/mol. The Bertz CT molecular complexity index is 1200. The van der Waals surface area contributed by atoms with Crippen LogP contribution in [0, 0.1) is 6.92 Å². The van der Waals surface area contributed by atoms with E-state index in [-0.39, 0.29) is 11.5 Å². The fourth-order valence-electron chi connectivity index (χ4n) is 3.28. The van der Waals surface area contributed by atoms with E-state index >= 15 is 0 Å². The molecule has 0 aliphatic rings. The summed E-state index contributed by atoms with van der Waals surface area (Å²) in [4.78, 5) is 25.2. The van der Waals surface area contributed by atoms with E-state index < -0.39 is 12.1 Å². The molecule has 0 N–H and O–H groups in total. The predicted octanol–water partition coefficient (Wildman–Crippen LogP) is 6.20. The summed E-state index contributed by atoms with van der Waals surface area (Å²) in [5, 5.41) is 2.00. The van der Waals surface area contributed by atoms with Gasteiger partial charge in [-0.2, -0.15) is 0 Å². The third-order valence-corrected chi connectivity index (χ3v) is 5.95. The van der Waals surface area contributed by atoms with E-state index in [0.29, 0.717) is 13.2 Å². The molecule has 0 bridgehead atoms. The largest absolute Gasteiger partial charge is 0.461 e. The van der Waals surface area contributed by atoms with Gasteiger partial charge in [-0.25, -0.2) is 4.79 Å². The summed E-state index contributed by atoms with van der Waals surface area (Å²) in [7, 11) is 3.17. The lowest BCUT2D eigenvalue weighted by Crippen LogP contribution is -2.32. The quantitative estimate of drug-likeness (QED) is 0.173. The Kier molecular flexibility index (Phi) is 10.2. The van der Waals surface area contributed by atoms with Crippen molar-refractivity contribution in [1.82, 2.24) is 4.90 Å². The van der Waals surface area contributed by atoms with Crippen molar-refractivity contribution in [3.8, 4) is 22.8 Å². The first-order chi connectivity index (χ1) is 17.4. The molecule has 0 saturated carbocycles. The van der Waals surface area contributed by atoms with Crippen LogP contribution in [0.25, 0.3) is 17.4 Å². The lowest BCUT2D eigenvalue weighted by atomic mass is 10.1. The van der Waals surface area contributed by atoms with Gasteiger partial charge in [0.2, 0.25) is 0 Å². The topological polar surface area (TPSA) is 78.2 Å². The number of methoxy groups -OCH3 is 1. The number of nitrogens with zero attached hydrogens (tertiary/aromatic N) is 1.